The molecule has 0 aromatic carbocycles. The number of ether oxygens (including phenoxy) is 1. The molecule has 0 heterocycles. The first-order chi connectivity index (χ1) is 6.93. The van der Waals surface area contributed by atoms with Crippen LogP contribution in [0.5, 0.6) is 0 Å². The third-order valence-electron chi connectivity index (χ3n) is 2.07. The Hall–Kier alpha value is -1.58. The second kappa shape index (κ2) is 4.29. The lowest BCUT2D eigenvalue weighted by Gasteiger charge is -2.27. The van der Waals surface area contributed by atoms with Crippen LogP contribution in [0.3, 0.4) is 0 Å². The van der Waals surface area contributed by atoms with Crippen LogP contribution in [0.1, 0.15) is 26.7 Å². The summed E-state index contributed by atoms with van der Waals surface area (Å²) in [5.74, 6) is 0.406. The van der Waals surface area contributed by atoms with Crippen LogP contribution in [0.15, 0.2) is 24.6 Å². The minimum atomic E-state index is -0.609. The fourth-order valence-electron chi connectivity index (χ4n) is 1.58. The van der Waals surface area contributed by atoms with E-state index in [1.807, 2.05) is 13.8 Å². The number of nitrogens with one attached hydrogen (secondary N) is 1. The van der Waals surface area contributed by atoms with E-state index in [0.717, 1.165) is 0 Å². The highest BCUT2D eigenvalue weighted by Gasteiger charge is 2.29. The Morgan fingerprint density at radius 1 is 1.60 bits per heavy atom. The van der Waals surface area contributed by atoms with Crippen LogP contribution in [0.25, 0.3) is 0 Å². The molecular weight excluding hydrogens is 194 g/mol. The van der Waals surface area contributed by atoms with Crippen molar-refractivity contribution in [1.29, 1.82) is 0 Å². The zero-order valence-electron chi connectivity index (χ0n) is 9.00. The van der Waals surface area contributed by atoms with Crippen molar-refractivity contribution < 1.29 is 14.3 Å². The molecule has 1 amide bonds. The second-order valence-electron chi connectivity index (χ2n) is 4.33. The van der Waals surface area contributed by atoms with Crippen LogP contribution in [-0.2, 0) is 9.53 Å². The van der Waals surface area contributed by atoms with Gasteiger partial charge in [0.15, 0.2) is 5.78 Å². The standard InChI is InChI=1S/C11H15NO3/c1-4-12-10(14)15-9-5-8(13)6-11(2,3)7-9/h4-5H,1,6-7H2,2-3H3,(H,12,14). The number of carbonyl (C=O) groups is 2. The highest BCUT2D eigenvalue weighted by molar-refractivity contribution is 5.91. The number of allylic oxidation sites excluding steroid dienone is 2. The molecule has 15 heavy (non-hydrogen) atoms. The third kappa shape index (κ3) is 3.58. The Morgan fingerprint density at radius 3 is 2.80 bits per heavy atom. The normalized spacial score (nSPS) is 19.1. The predicted molar refractivity (Wildman–Crippen MR) is 55.9 cm³/mol. The van der Waals surface area contributed by atoms with Crippen LogP contribution in [0, 0.1) is 5.41 Å². The molecule has 0 bridgehead atoms. The number of alkyl carbamates (subject to hydrolysis) is 1. The van der Waals surface area contributed by atoms with E-state index in [1.54, 1.807) is 0 Å². The van der Waals surface area contributed by atoms with Gasteiger partial charge in [0.1, 0.15) is 5.76 Å². The highest BCUT2D eigenvalue weighted by atomic mass is 16.6. The van der Waals surface area contributed by atoms with Gasteiger partial charge in [-0.25, -0.2) is 4.79 Å². The van der Waals surface area contributed by atoms with E-state index < -0.39 is 6.09 Å². The van der Waals surface area contributed by atoms with Gasteiger partial charge in [-0.05, 0) is 11.6 Å². The monoisotopic (exact) mass is 209 g/mol. The Bertz CT molecular complexity index is 329. The maximum Gasteiger partial charge on any atom is 0.416 e. The zero-order chi connectivity index (χ0) is 11.5. The summed E-state index contributed by atoms with van der Waals surface area (Å²) in [4.78, 5) is 22.4. The minimum Gasteiger partial charge on any atom is -0.415 e. The smallest absolute Gasteiger partial charge is 0.415 e. The summed E-state index contributed by atoms with van der Waals surface area (Å²) < 4.78 is 4.96. The van der Waals surface area contributed by atoms with Gasteiger partial charge in [-0.15, -0.1) is 0 Å². The van der Waals surface area contributed by atoms with E-state index in [-0.39, 0.29) is 11.2 Å². The fourth-order valence-corrected chi connectivity index (χ4v) is 1.58. The van der Waals surface area contributed by atoms with Crippen LogP contribution in [0.4, 0.5) is 4.79 Å². The van der Waals surface area contributed by atoms with Gasteiger partial charge >= 0.3 is 6.09 Å². The third-order valence-corrected chi connectivity index (χ3v) is 2.07. The van der Waals surface area contributed by atoms with E-state index in [9.17, 15) is 9.59 Å². The maximum absolute atomic E-state index is 11.3. The van der Waals surface area contributed by atoms with E-state index >= 15 is 0 Å². The van der Waals surface area contributed by atoms with Gasteiger partial charge in [0, 0.05) is 18.9 Å². The fraction of sp³-hybridized carbons (Fsp3) is 0.455. The molecule has 1 rings (SSSR count). The van der Waals surface area contributed by atoms with Crippen LogP contribution >= 0.6 is 0 Å². The Kier molecular flexibility index (Phi) is 3.29. The first-order valence-electron chi connectivity index (χ1n) is 4.75. The maximum atomic E-state index is 11.3. The van der Waals surface area contributed by atoms with Crippen LogP contribution in [0.2, 0.25) is 0 Å². The van der Waals surface area contributed by atoms with Gasteiger partial charge in [0.05, 0.1) is 0 Å². The quantitative estimate of drug-likeness (QED) is 0.758. The first kappa shape index (κ1) is 11.5. The van der Waals surface area contributed by atoms with Crippen molar-refractivity contribution in [3.8, 4) is 0 Å². The highest BCUT2D eigenvalue weighted by Crippen LogP contribution is 2.33. The number of carbonyl (C=O) groups excluding carboxylic acids is 2. The van der Waals surface area contributed by atoms with Crippen molar-refractivity contribution in [2.24, 2.45) is 5.41 Å². The van der Waals surface area contributed by atoms with Gasteiger partial charge < -0.3 is 4.74 Å². The topological polar surface area (TPSA) is 55.4 Å². The lowest BCUT2D eigenvalue weighted by Crippen LogP contribution is -2.26. The van der Waals surface area contributed by atoms with Gasteiger partial charge in [-0.1, -0.05) is 20.4 Å². The van der Waals surface area contributed by atoms with E-state index in [4.69, 9.17) is 4.74 Å². The lowest BCUT2D eigenvalue weighted by atomic mass is 9.79. The average molecular weight is 209 g/mol. The summed E-state index contributed by atoms with van der Waals surface area (Å²) in [7, 11) is 0. The number of ketones is 1. The van der Waals surface area contributed by atoms with Gasteiger partial charge in [0.2, 0.25) is 0 Å². The first-order valence-corrected chi connectivity index (χ1v) is 4.75. The number of rotatable bonds is 2. The minimum absolute atomic E-state index is 0.00680. The molecule has 82 valence electrons. The van der Waals surface area contributed by atoms with Gasteiger partial charge in [-0.2, -0.15) is 0 Å². The molecule has 1 N–H and O–H groups in total. The molecule has 4 heteroatoms. The van der Waals surface area contributed by atoms with Crippen LogP contribution < -0.4 is 5.32 Å². The molecule has 0 fully saturated rings. The van der Waals surface area contributed by atoms with E-state index in [2.05, 4.69) is 11.9 Å². The molecule has 4 nitrogen and oxygen atoms in total. The molecule has 0 aromatic heterocycles. The predicted octanol–water partition coefficient (Wildman–Crippen LogP) is 2.13. The molecule has 0 saturated heterocycles. The summed E-state index contributed by atoms with van der Waals surface area (Å²) in [5, 5.41) is 2.29. The summed E-state index contributed by atoms with van der Waals surface area (Å²) in [6.07, 6.45) is 3.08. The molecule has 1 aliphatic carbocycles. The molecule has 0 radical (unpaired) electrons. The summed E-state index contributed by atoms with van der Waals surface area (Å²) in [6, 6.07) is 0. The van der Waals surface area contributed by atoms with Crippen molar-refractivity contribution >= 4 is 11.9 Å². The molecule has 0 atom stereocenters. The zero-order valence-corrected chi connectivity index (χ0v) is 9.00. The number of hydrogen-bond donors (Lipinski definition) is 1. The molecule has 0 aliphatic heterocycles. The van der Waals surface area contributed by atoms with E-state index in [1.165, 1.54) is 12.3 Å². The van der Waals surface area contributed by atoms with Crippen LogP contribution in [-0.4, -0.2) is 11.9 Å². The number of amides is 1. The van der Waals surface area contributed by atoms with Gasteiger partial charge in [-0.3, -0.25) is 10.1 Å². The molecular formula is C11H15NO3. The average Bonchev–Trinajstić information content (AvgIpc) is 1.99. The van der Waals surface area contributed by atoms with Crippen molar-refractivity contribution in [1.82, 2.24) is 5.32 Å². The summed E-state index contributed by atoms with van der Waals surface area (Å²) >= 11 is 0. The Labute approximate surface area is 89.0 Å². The number of hydrogen-bond acceptors (Lipinski definition) is 3. The summed E-state index contributed by atoms with van der Waals surface area (Å²) in [5.41, 5.74) is -0.143. The molecule has 0 spiro atoms. The molecule has 0 aromatic rings. The van der Waals surface area contributed by atoms with Gasteiger partial charge in [0.25, 0.3) is 0 Å². The molecule has 0 saturated carbocycles. The Morgan fingerprint density at radius 2 is 2.27 bits per heavy atom. The van der Waals surface area contributed by atoms with Crippen molar-refractivity contribution in [2.45, 2.75) is 26.7 Å². The largest absolute Gasteiger partial charge is 0.416 e. The summed E-state index contributed by atoms with van der Waals surface area (Å²) in [6.45, 7) is 7.27. The Balaban J connectivity index is 2.66. The second-order valence-corrected chi connectivity index (χ2v) is 4.33. The van der Waals surface area contributed by atoms with E-state index in [0.29, 0.717) is 18.6 Å². The van der Waals surface area contributed by atoms with Crippen molar-refractivity contribution in [3.63, 3.8) is 0 Å². The van der Waals surface area contributed by atoms with Crippen molar-refractivity contribution in [3.05, 3.63) is 24.6 Å². The SMILES string of the molecule is C=CNC(=O)OC1=CC(=O)CC(C)(C)C1. The van der Waals surface area contributed by atoms with Crippen molar-refractivity contribution in [2.75, 3.05) is 0 Å². The lowest BCUT2D eigenvalue weighted by molar-refractivity contribution is -0.117. The molecule has 1 aliphatic rings. The molecule has 0 unspecified atom stereocenters.